The summed E-state index contributed by atoms with van der Waals surface area (Å²) in [7, 11) is 0. The van der Waals surface area contributed by atoms with E-state index in [9.17, 15) is 9.59 Å². The molecule has 1 aromatic carbocycles. The van der Waals surface area contributed by atoms with Crippen molar-refractivity contribution in [1.29, 1.82) is 0 Å². The molecule has 5 heteroatoms. The van der Waals surface area contributed by atoms with Gasteiger partial charge in [-0.2, -0.15) is 0 Å². The second-order valence-corrected chi connectivity index (χ2v) is 4.62. The van der Waals surface area contributed by atoms with E-state index in [0.717, 1.165) is 4.90 Å². The van der Waals surface area contributed by atoms with Crippen LogP contribution in [0.2, 0.25) is 0 Å². The molecule has 1 aliphatic heterocycles. The first-order valence-corrected chi connectivity index (χ1v) is 6.56. The van der Waals surface area contributed by atoms with Crippen LogP contribution in [-0.2, 0) is 9.59 Å². The molecule has 1 aliphatic rings. The van der Waals surface area contributed by atoms with Crippen molar-refractivity contribution in [2.24, 2.45) is 0 Å². The highest BCUT2D eigenvalue weighted by Crippen LogP contribution is 2.22. The smallest absolute Gasteiger partial charge is 0.267 e. The summed E-state index contributed by atoms with van der Waals surface area (Å²) in [5, 5.41) is 2.27. The minimum atomic E-state index is -0.565. The number of imide groups is 1. The van der Waals surface area contributed by atoms with Crippen LogP contribution in [0.4, 0.5) is 0 Å². The molecule has 1 N–H and O–H groups in total. The Balaban J connectivity index is 2.05. The van der Waals surface area contributed by atoms with Crippen molar-refractivity contribution in [3.8, 4) is 5.75 Å². The first kappa shape index (κ1) is 12.0. The topological polar surface area (TPSA) is 55.4 Å². The van der Waals surface area contributed by atoms with Gasteiger partial charge in [0.15, 0.2) is 6.10 Å². The Bertz CT molecular complexity index is 447. The molecule has 0 saturated carbocycles. The maximum atomic E-state index is 11.5. The lowest BCUT2D eigenvalue weighted by molar-refractivity contribution is -0.138. The average Bonchev–Trinajstić information content (AvgIpc) is 2.33. The zero-order valence-corrected chi connectivity index (χ0v) is 10.3. The summed E-state index contributed by atoms with van der Waals surface area (Å²) in [6, 6.07) is 7.55. The summed E-state index contributed by atoms with van der Waals surface area (Å²) in [5.41, 5.74) is 0. The third-order valence-corrected chi connectivity index (χ3v) is 3.23. The number of hydrogen-bond acceptors (Lipinski definition) is 4. The molecule has 17 heavy (non-hydrogen) atoms. The summed E-state index contributed by atoms with van der Waals surface area (Å²) in [6.45, 7) is 0. The Morgan fingerprint density at radius 3 is 2.94 bits per heavy atom. The van der Waals surface area contributed by atoms with Gasteiger partial charge < -0.3 is 4.74 Å². The van der Waals surface area contributed by atoms with Crippen LogP contribution in [0.25, 0.3) is 0 Å². The normalized spacial score (nSPS) is 19.9. The molecule has 0 aliphatic carbocycles. The van der Waals surface area contributed by atoms with E-state index in [4.69, 9.17) is 4.74 Å². The van der Waals surface area contributed by atoms with E-state index in [1.54, 1.807) is 11.8 Å². The van der Waals surface area contributed by atoms with E-state index >= 15 is 0 Å². The van der Waals surface area contributed by atoms with Gasteiger partial charge in [-0.3, -0.25) is 14.9 Å². The van der Waals surface area contributed by atoms with Crippen LogP contribution in [0.3, 0.4) is 0 Å². The lowest BCUT2D eigenvalue weighted by Crippen LogP contribution is -2.46. The molecule has 1 aromatic rings. The van der Waals surface area contributed by atoms with E-state index < -0.39 is 6.10 Å². The van der Waals surface area contributed by atoms with Crippen molar-refractivity contribution in [3.63, 3.8) is 0 Å². The summed E-state index contributed by atoms with van der Waals surface area (Å²) < 4.78 is 5.58. The van der Waals surface area contributed by atoms with Gasteiger partial charge >= 0.3 is 0 Å². The molecule has 0 bridgehead atoms. The van der Waals surface area contributed by atoms with Crippen molar-refractivity contribution in [2.45, 2.75) is 23.8 Å². The molecule has 0 spiro atoms. The molecule has 0 aromatic heterocycles. The van der Waals surface area contributed by atoms with Crippen molar-refractivity contribution in [3.05, 3.63) is 24.3 Å². The van der Waals surface area contributed by atoms with Gasteiger partial charge in [-0.1, -0.05) is 6.07 Å². The monoisotopic (exact) mass is 251 g/mol. The van der Waals surface area contributed by atoms with Crippen LogP contribution in [0.5, 0.6) is 5.75 Å². The van der Waals surface area contributed by atoms with E-state index in [2.05, 4.69) is 5.32 Å². The van der Waals surface area contributed by atoms with E-state index in [0.29, 0.717) is 18.6 Å². The van der Waals surface area contributed by atoms with Gasteiger partial charge in [-0.25, -0.2) is 0 Å². The summed E-state index contributed by atoms with van der Waals surface area (Å²) in [5.74, 6) is 0.0786. The van der Waals surface area contributed by atoms with E-state index in [1.165, 1.54) is 0 Å². The van der Waals surface area contributed by atoms with Crippen LogP contribution in [0, 0.1) is 0 Å². The lowest BCUT2D eigenvalue weighted by atomic mass is 10.1. The van der Waals surface area contributed by atoms with Gasteiger partial charge in [0.2, 0.25) is 5.91 Å². The fraction of sp³-hybridized carbons (Fsp3) is 0.333. The van der Waals surface area contributed by atoms with Gasteiger partial charge in [-0.05, 0) is 24.5 Å². The van der Waals surface area contributed by atoms with Gasteiger partial charge in [0.05, 0.1) is 0 Å². The molecule has 90 valence electrons. The number of hydrogen-bond donors (Lipinski definition) is 1. The Hall–Kier alpha value is -1.49. The zero-order chi connectivity index (χ0) is 12.3. The van der Waals surface area contributed by atoms with Crippen LogP contribution in [0.1, 0.15) is 12.8 Å². The number of rotatable bonds is 3. The highest BCUT2D eigenvalue weighted by atomic mass is 32.2. The molecule has 1 fully saturated rings. The molecule has 1 atom stereocenters. The molecular weight excluding hydrogens is 238 g/mol. The largest absolute Gasteiger partial charge is 0.481 e. The second-order valence-electron chi connectivity index (χ2n) is 3.74. The maximum absolute atomic E-state index is 11.5. The number of carbonyl (C=O) groups excluding carboxylic acids is 2. The molecule has 4 nitrogen and oxygen atoms in total. The van der Waals surface area contributed by atoms with Crippen molar-refractivity contribution in [1.82, 2.24) is 5.32 Å². The first-order chi connectivity index (χ1) is 8.19. The molecular formula is C12H13NO3S. The van der Waals surface area contributed by atoms with Crippen molar-refractivity contribution >= 4 is 23.6 Å². The minimum absolute atomic E-state index is 0.229. The van der Waals surface area contributed by atoms with Crippen LogP contribution >= 0.6 is 11.8 Å². The highest BCUT2D eigenvalue weighted by Gasteiger charge is 2.28. The average molecular weight is 251 g/mol. The maximum Gasteiger partial charge on any atom is 0.267 e. The third-order valence-electron chi connectivity index (χ3n) is 2.51. The standard InChI is InChI=1S/C12H13NO3S/c1-17-9-4-2-3-8(7-9)16-10-5-6-11(14)13-12(10)15/h2-4,7,10H,5-6H2,1H3,(H,13,14,15). The predicted octanol–water partition coefficient (Wildman–Crippen LogP) is 1.59. The second kappa shape index (κ2) is 5.23. The van der Waals surface area contributed by atoms with Crippen LogP contribution in [0.15, 0.2) is 29.2 Å². The van der Waals surface area contributed by atoms with Gasteiger partial charge in [-0.15, -0.1) is 11.8 Å². The minimum Gasteiger partial charge on any atom is -0.481 e. The summed E-state index contributed by atoms with van der Waals surface area (Å²) in [4.78, 5) is 23.6. The molecule has 1 heterocycles. The number of piperidine rings is 1. The summed E-state index contributed by atoms with van der Waals surface area (Å²) in [6.07, 6.45) is 2.18. The van der Waals surface area contributed by atoms with Crippen molar-refractivity contribution in [2.75, 3.05) is 6.26 Å². The molecule has 2 rings (SSSR count). The first-order valence-electron chi connectivity index (χ1n) is 5.33. The van der Waals surface area contributed by atoms with Gasteiger partial charge in [0.25, 0.3) is 5.91 Å². The molecule has 0 radical (unpaired) electrons. The van der Waals surface area contributed by atoms with E-state index in [-0.39, 0.29) is 11.8 Å². The number of carbonyl (C=O) groups is 2. The lowest BCUT2D eigenvalue weighted by Gasteiger charge is -2.22. The zero-order valence-electron chi connectivity index (χ0n) is 9.43. The molecule has 1 saturated heterocycles. The molecule has 1 unspecified atom stereocenters. The fourth-order valence-electron chi connectivity index (χ4n) is 1.62. The predicted molar refractivity (Wildman–Crippen MR) is 65.0 cm³/mol. The summed E-state index contributed by atoms with van der Waals surface area (Å²) >= 11 is 1.61. The number of ether oxygens (including phenoxy) is 1. The third kappa shape index (κ3) is 3.00. The van der Waals surface area contributed by atoms with Gasteiger partial charge in [0.1, 0.15) is 5.75 Å². The highest BCUT2D eigenvalue weighted by molar-refractivity contribution is 7.98. The quantitative estimate of drug-likeness (QED) is 0.655. The Kier molecular flexibility index (Phi) is 3.68. The number of benzene rings is 1. The Morgan fingerprint density at radius 1 is 1.41 bits per heavy atom. The van der Waals surface area contributed by atoms with Crippen LogP contribution in [-0.4, -0.2) is 24.2 Å². The molecule has 2 amide bonds. The van der Waals surface area contributed by atoms with E-state index in [1.807, 2.05) is 30.5 Å². The van der Waals surface area contributed by atoms with Gasteiger partial charge in [0, 0.05) is 17.7 Å². The fourth-order valence-corrected chi connectivity index (χ4v) is 2.07. The number of nitrogens with one attached hydrogen (secondary N) is 1. The Labute approximate surface area is 104 Å². The van der Waals surface area contributed by atoms with Crippen LogP contribution < -0.4 is 10.1 Å². The SMILES string of the molecule is CSc1cccc(OC2CCC(=O)NC2=O)c1. The number of amides is 2. The Morgan fingerprint density at radius 2 is 2.24 bits per heavy atom. The number of thioether (sulfide) groups is 1. The van der Waals surface area contributed by atoms with Crippen molar-refractivity contribution < 1.29 is 14.3 Å².